The summed E-state index contributed by atoms with van der Waals surface area (Å²) in [4.78, 5) is 47.9. The van der Waals surface area contributed by atoms with Crippen LogP contribution in [0.5, 0.6) is 0 Å². The predicted molar refractivity (Wildman–Crippen MR) is 146 cm³/mol. The molecule has 5 rings (SSSR count). The fourth-order valence-electron chi connectivity index (χ4n) is 6.28. The molecule has 3 fully saturated rings. The van der Waals surface area contributed by atoms with Gasteiger partial charge in [0.2, 0.25) is 0 Å². The smallest absolute Gasteiger partial charge is 0.412 e. The van der Waals surface area contributed by atoms with Crippen molar-refractivity contribution in [3.8, 4) is 0 Å². The van der Waals surface area contributed by atoms with Crippen molar-refractivity contribution in [2.24, 2.45) is 5.41 Å². The lowest BCUT2D eigenvalue weighted by Crippen LogP contribution is -2.53. The summed E-state index contributed by atoms with van der Waals surface area (Å²) in [5.74, 6) is -0.183. The molecule has 10 heteroatoms. The summed E-state index contributed by atoms with van der Waals surface area (Å²) in [6.07, 6.45) is 5.37. The van der Waals surface area contributed by atoms with Gasteiger partial charge in [-0.3, -0.25) is 24.8 Å². The van der Waals surface area contributed by atoms with E-state index in [1.807, 2.05) is 30.9 Å². The number of hydrogen-bond acceptors (Lipinski definition) is 8. The molecule has 3 aliphatic heterocycles. The molecule has 5 heterocycles. The minimum absolute atomic E-state index is 0.0540. The Morgan fingerprint density at radius 2 is 1.95 bits per heavy atom. The Balaban J connectivity index is 1.28. The second kappa shape index (κ2) is 9.79. The molecular formula is C28H38N4O5S. The van der Waals surface area contributed by atoms with Gasteiger partial charge >= 0.3 is 12.1 Å². The maximum absolute atomic E-state index is 13.8. The van der Waals surface area contributed by atoms with Gasteiger partial charge in [0.15, 0.2) is 0 Å². The fourth-order valence-corrected chi connectivity index (χ4v) is 7.31. The molecule has 1 unspecified atom stereocenters. The summed E-state index contributed by atoms with van der Waals surface area (Å²) in [7, 11) is 0. The van der Waals surface area contributed by atoms with Gasteiger partial charge in [0.25, 0.3) is 5.91 Å². The topological polar surface area (TPSA) is 101 Å². The van der Waals surface area contributed by atoms with Crippen LogP contribution in [0.2, 0.25) is 0 Å². The van der Waals surface area contributed by atoms with E-state index in [4.69, 9.17) is 9.47 Å². The highest BCUT2D eigenvalue weighted by Crippen LogP contribution is 2.47. The first-order valence-corrected chi connectivity index (χ1v) is 14.3. The number of hydrogen-bond donors (Lipinski definition) is 1. The van der Waals surface area contributed by atoms with Crippen molar-refractivity contribution in [3.05, 3.63) is 23.9 Å². The third-order valence-corrected chi connectivity index (χ3v) is 8.78. The van der Waals surface area contributed by atoms with Gasteiger partial charge in [-0.1, -0.05) is 0 Å². The maximum atomic E-state index is 13.8. The number of esters is 1. The molecule has 1 atom stereocenters. The van der Waals surface area contributed by atoms with Crippen molar-refractivity contribution in [2.75, 3.05) is 31.5 Å². The Bertz CT molecular complexity index is 1240. The lowest BCUT2D eigenvalue weighted by molar-refractivity contribution is -0.154. The zero-order chi connectivity index (χ0) is 27.3. The third kappa shape index (κ3) is 5.38. The van der Waals surface area contributed by atoms with E-state index >= 15 is 0 Å². The number of carbonyl (C=O) groups excluding carboxylic acids is 3. The van der Waals surface area contributed by atoms with Crippen molar-refractivity contribution < 1.29 is 23.9 Å². The Hall–Kier alpha value is -2.72. The van der Waals surface area contributed by atoms with Crippen LogP contribution in [0.4, 0.5) is 9.80 Å². The van der Waals surface area contributed by atoms with E-state index in [9.17, 15) is 14.4 Å². The quantitative estimate of drug-likeness (QED) is 0.541. The first kappa shape index (κ1) is 26.9. The molecule has 1 N–H and O–H groups in total. The van der Waals surface area contributed by atoms with Gasteiger partial charge in [-0.05, 0) is 79.0 Å². The first-order chi connectivity index (χ1) is 17.9. The molecule has 2 amide bonds. The highest BCUT2D eigenvalue weighted by molar-refractivity contribution is 7.23. The van der Waals surface area contributed by atoms with Gasteiger partial charge in [0, 0.05) is 38.3 Å². The van der Waals surface area contributed by atoms with Gasteiger partial charge in [-0.2, -0.15) is 0 Å². The number of thiophene rings is 1. The molecule has 2 aromatic heterocycles. The van der Waals surface area contributed by atoms with Crippen LogP contribution in [-0.2, 0) is 14.3 Å². The van der Waals surface area contributed by atoms with E-state index in [-0.39, 0.29) is 11.9 Å². The SMILES string of the molecule is CC(C)(C)OC(=O)Nc1sc2cccnc2c1C(=O)N1CCC(N2CCCC3(C2)CC(C)(C)OC3=O)CC1. The molecule has 3 aliphatic rings. The van der Waals surface area contributed by atoms with Crippen LogP contribution in [0.15, 0.2) is 18.3 Å². The van der Waals surface area contributed by atoms with E-state index in [1.54, 1.807) is 27.0 Å². The van der Waals surface area contributed by atoms with Gasteiger partial charge in [0.05, 0.1) is 15.6 Å². The third-order valence-electron chi connectivity index (χ3n) is 7.72. The van der Waals surface area contributed by atoms with Gasteiger partial charge in [-0.15, -0.1) is 11.3 Å². The normalized spacial score (nSPS) is 24.6. The lowest BCUT2D eigenvalue weighted by atomic mass is 9.74. The molecule has 1 spiro atoms. The van der Waals surface area contributed by atoms with Crippen molar-refractivity contribution in [1.82, 2.24) is 14.8 Å². The fraction of sp³-hybridized carbons (Fsp3) is 0.643. The van der Waals surface area contributed by atoms with Crippen LogP contribution in [-0.4, -0.2) is 76.2 Å². The molecule has 0 bridgehead atoms. The number of fused-ring (bicyclic) bond motifs is 1. The number of likely N-dealkylation sites (tertiary alicyclic amines) is 2. The second-order valence-electron chi connectivity index (χ2n) is 12.5. The zero-order valence-corrected chi connectivity index (χ0v) is 23.8. The molecule has 0 aliphatic carbocycles. The monoisotopic (exact) mass is 542 g/mol. The van der Waals surface area contributed by atoms with Crippen LogP contribution >= 0.6 is 11.3 Å². The van der Waals surface area contributed by atoms with Gasteiger partial charge in [-0.25, -0.2) is 4.79 Å². The molecule has 0 aromatic carbocycles. The molecule has 38 heavy (non-hydrogen) atoms. The summed E-state index contributed by atoms with van der Waals surface area (Å²) in [5, 5.41) is 3.25. The molecular weight excluding hydrogens is 504 g/mol. The summed E-state index contributed by atoms with van der Waals surface area (Å²) < 4.78 is 12.0. The summed E-state index contributed by atoms with van der Waals surface area (Å²) in [6, 6.07) is 4.05. The predicted octanol–water partition coefficient (Wildman–Crippen LogP) is 5.06. The number of rotatable bonds is 3. The van der Waals surface area contributed by atoms with Crippen LogP contribution in [0.3, 0.4) is 0 Å². The Morgan fingerprint density at radius 3 is 2.61 bits per heavy atom. The minimum Gasteiger partial charge on any atom is -0.459 e. The first-order valence-electron chi connectivity index (χ1n) is 13.5. The van der Waals surface area contributed by atoms with Crippen molar-refractivity contribution in [1.29, 1.82) is 0 Å². The molecule has 0 radical (unpaired) electrons. The number of anilines is 1. The molecule has 206 valence electrons. The Kier molecular flexibility index (Phi) is 6.92. The number of nitrogens with one attached hydrogen (secondary N) is 1. The van der Waals surface area contributed by atoms with E-state index in [0.29, 0.717) is 35.2 Å². The highest BCUT2D eigenvalue weighted by Gasteiger charge is 2.54. The lowest BCUT2D eigenvalue weighted by Gasteiger charge is -2.44. The number of carbonyl (C=O) groups is 3. The summed E-state index contributed by atoms with van der Waals surface area (Å²) >= 11 is 1.33. The van der Waals surface area contributed by atoms with Gasteiger partial charge in [0.1, 0.15) is 21.8 Å². The number of piperidine rings is 2. The van der Waals surface area contributed by atoms with Crippen LogP contribution < -0.4 is 5.32 Å². The largest absolute Gasteiger partial charge is 0.459 e. The van der Waals surface area contributed by atoms with Crippen molar-refractivity contribution >= 4 is 44.5 Å². The molecule has 2 aromatic rings. The Morgan fingerprint density at radius 1 is 1.21 bits per heavy atom. The van der Waals surface area contributed by atoms with Gasteiger partial charge < -0.3 is 14.4 Å². The van der Waals surface area contributed by atoms with Crippen LogP contribution in [0, 0.1) is 5.41 Å². The zero-order valence-electron chi connectivity index (χ0n) is 23.0. The molecule has 0 saturated carbocycles. The van der Waals surface area contributed by atoms with E-state index < -0.39 is 22.7 Å². The number of nitrogens with zero attached hydrogens (tertiary/aromatic N) is 3. The van der Waals surface area contributed by atoms with E-state index in [1.165, 1.54) is 11.3 Å². The average Bonchev–Trinajstić information content (AvgIpc) is 3.29. The molecule has 3 saturated heterocycles. The van der Waals surface area contributed by atoms with E-state index in [0.717, 1.165) is 49.9 Å². The number of aromatic nitrogens is 1. The number of pyridine rings is 1. The molecule has 9 nitrogen and oxygen atoms in total. The van der Waals surface area contributed by atoms with Crippen LogP contribution in [0.25, 0.3) is 10.2 Å². The number of amides is 2. The average molecular weight is 543 g/mol. The minimum atomic E-state index is -0.650. The van der Waals surface area contributed by atoms with Crippen LogP contribution in [0.1, 0.15) is 77.1 Å². The second-order valence-corrected chi connectivity index (χ2v) is 13.5. The Labute approximate surface area is 227 Å². The van der Waals surface area contributed by atoms with E-state index in [2.05, 4.69) is 15.2 Å². The standard InChI is InChI=1S/C28H38N4O5S/c1-26(2,3)37-25(35)30-22-20(21-19(38-22)8-6-12-29-21)23(33)31-14-9-18(10-15-31)32-13-7-11-28(17-32)16-27(4,5)36-24(28)34/h6,8,12,18H,7,9-11,13-17H2,1-5H3,(H,30,35). The summed E-state index contributed by atoms with van der Waals surface area (Å²) in [5.41, 5.74) is -0.446. The highest BCUT2D eigenvalue weighted by atomic mass is 32.1. The number of cyclic esters (lactones) is 1. The van der Waals surface area contributed by atoms with Crippen molar-refractivity contribution in [3.63, 3.8) is 0 Å². The summed E-state index contributed by atoms with van der Waals surface area (Å²) in [6.45, 7) is 12.3. The van der Waals surface area contributed by atoms with Crippen molar-refractivity contribution in [2.45, 2.75) is 84.0 Å². The number of ether oxygens (including phenoxy) is 2. The maximum Gasteiger partial charge on any atom is 0.412 e.